The molecule has 0 aliphatic heterocycles. The summed E-state index contributed by atoms with van der Waals surface area (Å²) in [6.45, 7) is -0.653. The third-order valence-corrected chi connectivity index (χ3v) is 14.7. The number of phenols is 2. The average Bonchev–Trinajstić information content (AvgIpc) is 2.91. The first kappa shape index (κ1) is 28.6. The number of phenolic OH excluding ortho intramolecular Hbond substituents is 2. The predicted octanol–water partition coefficient (Wildman–Crippen LogP) is 5.47. The van der Waals surface area contributed by atoms with Crippen molar-refractivity contribution in [3.63, 3.8) is 0 Å². The van der Waals surface area contributed by atoms with Gasteiger partial charge in [-0.25, -0.2) is 0 Å². The van der Waals surface area contributed by atoms with Crippen LogP contribution in [-0.4, -0.2) is 24.1 Å². The Labute approximate surface area is 225 Å². The van der Waals surface area contributed by atoms with E-state index in [0.29, 0.717) is 0 Å². The van der Waals surface area contributed by atoms with E-state index in [4.69, 9.17) is 3.97 Å². The summed E-state index contributed by atoms with van der Waals surface area (Å²) in [6.07, 6.45) is 0. The molecule has 0 bridgehead atoms. The number of alkyl halides is 3. The molecule has 0 spiro atoms. The second-order valence-electron chi connectivity index (χ2n) is 9.48. The SMILES string of the molecule is Cc1c(O)cc(C(C)C)c(O)c1P(OS(=O)(=O)C(F)(F)F)(c1ccccc1)(c1ccccc1)c1ccccc1. The molecule has 0 unspecified atom stereocenters. The van der Waals surface area contributed by atoms with Crippen LogP contribution < -0.4 is 21.2 Å². The number of rotatable bonds is 7. The molecule has 0 radical (unpaired) electrons. The Morgan fingerprint density at radius 2 is 1.15 bits per heavy atom. The standard InChI is InChI=1S/C29H28F3O5PS/c1-20(2)25-19-26(33)21(3)28(27(25)34)38(22-13-7-4-8-14-22,23-15-9-5-10-16-23,24-17-11-6-12-18-24)37-39(35,36)29(30,31)32/h4-20,33-34H,1-3H3. The molecule has 0 heterocycles. The van der Waals surface area contributed by atoms with Crippen LogP contribution in [0.5, 0.6) is 11.5 Å². The normalized spacial score (nSPS) is 13.7. The summed E-state index contributed by atoms with van der Waals surface area (Å²) in [5, 5.41) is 23.1. The van der Waals surface area contributed by atoms with Gasteiger partial charge in [-0.15, -0.1) is 0 Å². The monoisotopic (exact) mass is 576 g/mol. The predicted molar refractivity (Wildman–Crippen MR) is 149 cm³/mol. The molecule has 0 aliphatic carbocycles. The van der Waals surface area contributed by atoms with Gasteiger partial charge in [-0.1, -0.05) is 0 Å². The minimum atomic E-state index is -6.32. The van der Waals surface area contributed by atoms with Crippen LogP contribution in [0.3, 0.4) is 0 Å². The van der Waals surface area contributed by atoms with E-state index in [1.807, 2.05) is 0 Å². The van der Waals surface area contributed by atoms with E-state index in [-0.39, 0.29) is 44.0 Å². The third kappa shape index (κ3) is 4.29. The second-order valence-corrected chi connectivity index (χ2v) is 15.5. The maximum atomic E-state index is 14.3. The van der Waals surface area contributed by atoms with Gasteiger partial charge in [-0.05, 0) is 0 Å². The first-order chi connectivity index (χ1) is 18.3. The Hall–Kier alpha value is -3.39. The Morgan fingerprint density at radius 1 is 0.769 bits per heavy atom. The number of hydrogen-bond acceptors (Lipinski definition) is 5. The molecule has 2 N–H and O–H groups in total. The first-order valence-electron chi connectivity index (χ1n) is 12.0. The zero-order valence-electron chi connectivity index (χ0n) is 21.4. The van der Waals surface area contributed by atoms with Crippen molar-refractivity contribution in [1.82, 2.24) is 0 Å². The van der Waals surface area contributed by atoms with Crippen LogP contribution in [0.1, 0.15) is 30.9 Å². The molecule has 206 valence electrons. The molecule has 0 fully saturated rings. The van der Waals surface area contributed by atoms with Crippen molar-refractivity contribution in [2.24, 2.45) is 0 Å². The molecule has 0 aromatic heterocycles. The topological polar surface area (TPSA) is 83.8 Å². The van der Waals surface area contributed by atoms with Crippen LogP contribution in [-0.2, 0) is 14.1 Å². The van der Waals surface area contributed by atoms with E-state index in [0.717, 1.165) is 0 Å². The first-order valence-corrected chi connectivity index (χ1v) is 15.6. The Kier molecular flexibility index (Phi) is 7.32. The summed E-state index contributed by atoms with van der Waals surface area (Å²) in [5.74, 6) is -1.16. The molecule has 39 heavy (non-hydrogen) atoms. The van der Waals surface area contributed by atoms with Gasteiger partial charge in [-0.3, -0.25) is 0 Å². The van der Waals surface area contributed by atoms with Crippen LogP contribution in [0.2, 0.25) is 0 Å². The van der Waals surface area contributed by atoms with Crippen molar-refractivity contribution < 1.29 is 35.8 Å². The van der Waals surface area contributed by atoms with Gasteiger partial charge in [0.1, 0.15) is 0 Å². The van der Waals surface area contributed by atoms with Gasteiger partial charge in [-0.2, -0.15) is 0 Å². The summed E-state index contributed by atoms with van der Waals surface area (Å²) in [7, 11) is -6.32. The van der Waals surface area contributed by atoms with Crippen LogP contribution in [0.4, 0.5) is 13.2 Å². The molecule has 4 rings (SSSR count). The van der Waals surface area contributed by atoms with E-state index in [1.54, 1.807) is 68.4 Å². The van der Waals surface area contributed by atoms with Gasteiger partial charge in [0.15, 0.2) is 0 Å². The fourth-order valence-electron chi connectivity index (χ4n) is 5.10. The van der Waals surface area contributed by atoms with Crippen LogP contribution in [0.25, 0.3) is 0 Å². The molecule has 0 aliphatic rings. The summed E-state index contributed by atoms with van der Waals surface area (Å²) < 4.78 is 75.1. The molecule has 5 nitrogen and oxygen atoms in total. The second kappa shape index (κ2) is 9.97. The Morgan fingerprint density at radius 3 is 1.49 bits per heavy atom. The number of benzene rings is 4. The van der Waals surface area contributed by atoms with Crippen molar-refractivity contribution in [2.45, 2.75) is 32.2 Å². The Bertz CT molecular complexity index is 1490. The van der Waals surface area contributed by atoms with Gasteiger partial charge in [0.2, 0.25) is 0 Å². The van der Waals surface area contributed by atoms with Gasteiger partial charge in [0.25, 0.3) is 0 Å². The zero-order chi connectivity index (χ0) is 28.7. The van der Waals surface area contributed by atoms with Crippen LogP contribution in [0.15, 0.2) is 97.1 Å². The summed E-state index contributed by atoms with van der Waals surface area (Å²) in [5.41, 5.74) is -5.59. The zero-order valence-corrected chi connectivity index (χ0v) is 23.1. The quantitative estimate of drug-likeness (QED) is 0.173. The average molecular weight is 577 g/mol. The van der Waals surface area contributed by atoms with E-state index >= 15 is 0 Å². The van der Waals surface area contributed by atoms with Crippen molar-refractivity contribution >= 4 is 38.2 Å². The molecule has 4 aromatic carbocycles. The van der Waals surface area contributed by atoms with Crippen LogP contribution >= 0.6 is 6.83 Å². The van der Waals surface area contributed by atoms with E-state index in [9.17, 15) is 31.8 Å². The van der Waals surface area contributed by atoms with Crippen molar-refractivity contribution in [3.8, 4) is 11.5 Å². The molecule has 4 aromatic rings. The minimum absolute atomic E-state index is 0.0106. The van der Waals surface area contributed by atoms with Gasteiger partial charge in [0.05, 0.1) is 0 Å². The fourth-order valence-corrected chi connectivity index (χ4v) is 13.5. The molecule has 0 amide bonds. The summed E-state index contributed by atoms with van der Waals surface area (Å²) >= 11 is 0. The van der Waals surface area contributed by atoms with Gasteiger partial charge in [0, 0.05) is 0 Å². The number of hydrogen-bond donors (Lipinski definition) is 2. The molecular weight excluding hydrogens is 548 g/mol. The van der Waals surface area contributed by atoms with Gasteiger partial charge < -0.3 is 0 Å². The Balaban J connectivity index is 2.49. The third-order valence-electron chi connectivity index (χ3n) is 6.86. The van der Waals surface area contributed by atoms with E-state index in [1.165, 1.54) is 49.4 Å². The van der Waals surface area contributed by atoms with Crippen molar-refractivity contribution in [2.75, 3.05) is 0 Å². The van der Waals surface area contributed by atoms with Crippen molar-refractivity contribution in [3.05, 3.63) is 108 Å². The summed E-state index contributed by atoms with van der Waals surface area (Å²) in [4.78, 5) is 0. The molecule has 0 saturated carbocycles. The molecule has 10 heteroatoms. The molecule has 0 saturated heterocycles. The molecular formula is C29H28F3O5PS. The van der Waals surface area contributed by atoms with Crippen LogP contribution in [0, 0.1) is 6.92 Å². The van der Waals surface area contributed by atoms with E-state index < -0.39 is 28.2 Å². The summed E-state index contributed by atoms with van der Waals surface area (Å²) in [6, 6.07) is 24.5. The number of aromatic hydroxyl groups is 2. The maximum absolute atomic E-state index is 14.3. The molecule has 0 atom stereocenters. The van der Waals surface area contributed by atoms with Crippen molar-refractivity contribution in [1.29, 1.82) is 0 Å². The van der Waals surface area contributed by atoms with E-state index in [2.05, 4.69) is 0 Å². The number of halogens is 3. The fraction of sp³-hybridized carbons (Fsp3) is 0.172. The van der Waals surface area contributed by atoms with Gasteiger partial charge >= 0.3 is 226 Å².